The molecule has 0 aliphatic heterocycles. The summed E-state index contributed by atoms with van der Waals surface area (Å²) < 4.78 is 38.9. The predicted molar refractivity (Wildman–Crippen MR) is 74.3 cm³/mol. The van der Waals surface area contributed by atoms with E-state index in [1.807, 2.05) is 0 Å². The Morgan fingerprint density at radius 2 is 1.95 bits per heavy atom. The summed E-state index contributed by atoms with van der Waals surface area (Å²) in [7, 11) is 0. The maximum atomic E-state index is 12.7. The van der Waals surface area contributed by atoms with Gasteiger partial charge in [-0.2, -0.15) is 18.2 Å². The van der Waals surface area contributed by atoms with Crippen LogP contribution >= 0.6 is 11.3 Å². The fourth-order valence-corrected chi connectivity index (χ4v) is 2.47. The number of anilines is 3. The molecule has 1 aromatic carbocycles. The number of fused-ring (bicyclic) bond motifs is 1. The minimum absolute atomic E-state index is 0.0151. The minimum Gasteiger partial charge on any atom is -0.368 e. The van der Waals surface area contributed by atoms with Gasteiger partial charge < -0.3 is 11.1 Å². The van der Waals surface area contributed by atoms with Crippen LogP contribution in [0.3, 0.4) is 0 Å². The van der Waals surface area contributed by atoms with E-state index in [4.69, 9.17) is 5.73 Å². The fraction of sp³-hybridized carbons (Fsp3) is 0.0833. The Hall–Kier alpha value is -2.42. The Morgan fingerprint density at radius 3 is 2.71 bits per heavy atom. The minimum atomic E-state index is -4.57. The Bertz CT molecular complexity index is 799. The first-order chi connectivity index (χ1) is 9.91. The number of nitrogen functional groups attached to an aromatic ring is 1. The number of alkyl halides is 3. The van der Waals surface area contributed by atoms with Gasteiger partial charge in [-0.1, -0.05) is 0 Å². The molecule has 0 spiro atoms. The molecule has 0 aliphatic carbocycles. The lowest BCUT2D eigenvalue weighted by Crippen LogP contribution is -2.11. The van der Waals surface area contributed by atoms with Crippen LogP contribution in [0.25, 0.3) is 10.2 Å². The SMILES string of the molecule is Nc1nc(Nc2ccc3ncsc3c2)cc(C(F)(F)F)n1. The summed E-state index contributed by atoms with van der Waals surface area (Å²) in [5, 5.41) is 2.79. The molecule has 0 aliphatic rings. The monoisotopic (exact) mass is 311 g/mol. The predicted octanol–water partition coefficient (Wildman–Crippen LogP) is 3.43. The molecule has 3 N–H and O–H groups in total. The molecule has 0 bridgehead atoms. The van der Waals surface area contributed by atoms with Crippen molar-refractivity contribution in [2.75, 3.05) is 11.1 Å². The van der Waals surface area contributed by atoms with Gasteiger partial charge in [0.05, 0.1) is 15.7 Å². The molecule has 2 aromatic heterocycles. The molecule has 9 heteroatoms. The highest BCUT2D eigenvalue weighted by Crippen LogP contribution is 2.30. The van der Waals surface area contributed by atoms with Crippen molar-refractivity contribution < 1.29 is 13.2 Å². The van der Waals surface area contributed by atoms with Gasteiger partial charge in [0.2, 0.25) is 5.95 Å². The van der Waals surface area contributed by atoms with Gasteiger partial charge in [0, 0.05) is 11.8 Å². The van der Waals surface area contributed by atoms with Gasteiger partial charge in [0.1, 0.15) is 5.82 Å². The van der Waals surface area contributed by atoms with E-state index in [0.717, 1.165) is 16.3 Å². The zero-order chi connectivity index (χ0) is 15.0. The Balaban J connectivity index is 1.95. The van der Waals surface area contributed by atoms with E-state index in [2.05, 4.69) is 20.3 Å². The molecular weight excluding hydrogens is 303 g/mol. The lowest BCUT2D eigenvalue weighted by molar-refractivity contribution is -0.141. The van der Waals surface area contributed by atoms with Crippen LogP contribution < -0.4 is 11.1 Å². The van der Waals surface area contributed by atoms with E-state index in [1.165, 1.54) is 11.3 Å². The summed E-state index contributed by atoms with van der Waals surface area (Å²) >= 11 is 1.43. The maximum absolute atomic E-state index is 12.7. The number of rotatable bonds is 2. The molecule has 0 fully saturated rings. The quantitative estimate of drug-likeness (QED) is 0.758. The topological polar surface area (TPSA) is 76.7 Å². The number of nitrogens with one attached hydrogen (secondary N) is 1. The number of halogens is 3. The van der Waals surface area contributed by atoms with Crippen LogP contribution in [-0.2, 0) is 6.18 Å². The molecule has 3 rings (SSSR count). The maximum Gasteiger partial charge on any atom is 0.433 e. The molecule has 0 saturated heterocycles. The van der Waals surface area contributed by atoms with Crippen LogP contribution in [0.5, 0.6) is 0 Å². The molecule has 0 radical (unpaired) electrons. The lowest BCUT2D eigenvalue weighted by atomic mass is 10.3. The highest BCUT2D eigenvalue weighted by molar-refractivity contribution is 7.16. The molecule has 2 heterocycles. The van der Waals surface area contributed by atoms with Gasteiger partial charge in [0.15, 0.2) is 5.69 Å². The lowest BCUT2D eigenvalue weighted by Gasteiger charge is -2.10. The summed E-state index contributed by atoms with van der Waals surface area (Å²) in [4.78, 5) is 11.1. The van der Waals surface area contributed by atoms with Crippen molar-refractivity contribution >= 4 is 39.0 Å². The van der Waals surface area contributed by atoms with E-state index in [1.54, 1.807) is 23.7 Å². The first kappa shape index (κ1) is 13.6. The van der Waals surface area contributed by atoms with Crippen molar-refractivity contribution in [2.24, 2.45) is 0 Å². The normalized spacial score (nSPS) is 11.8. The average Bonchev–Trinajstić information content (AvgIpc) is 2.84. The van der Waals surface area contributed by atoms with E-state index < -0.39 is 17.8 Å². The second-order valence-electron chi connectivity index (χ2n) is 4.15. The molecule has 3 aromatic rings. The van der Waals surface area contributed by atoms with Gasteiger partial charge in [-0.25, -0.2) is 9.97 Å². The number of hydrogen-bond donors (Lipinski definition) is 2. The van der Waals surface area contributed by atoms with Crippen LogP contribution in [0, 0.1) is 0 Å². The number of benzene rings is 1. The second kappa shape index (κ2) is 4.85. The van der Waals surface area contributed by atoms with E-state index in [0.29, 0.717) is 5.69 Å². The van der Waals surface area contributed by atoms with Gasteiger partial charge in [0.25, 0.3) is 0 Å². The van der Waals surface area contributed by atoms with E-state index in [9.17, 15) is 13.2 Å². The van der Waals surface area contributed by atoms with Crippen molar-refractivity contribution in [3.8, 4) is 0 Å². The van der Waals surface area contributed by atoms with Gasteiger partial charge in [-0.15, -0.1) is 11.3 Å². The zero-order valence-corrected chi connectivity index (χ0v) is 11.2. The van der Waals surface area contributed by atoms with Crippen LogP contribution in [0.4, 0.5) is 30.6 Å². The van der Waals surface area contributed by atoms with Crippen molar-refractivity contribution in [2.45, 2.75) is 6.18 Å². The molecule has 108 valence electrons. The third-order valence-electron chi connectivity index (χ3n) is 2.64. The molecule has 5 nitrogen and oxygen atoms in total. The first-order valence-electron chi connectivity index (χ1n) is 5.74. The van der Waals surface area contributed by atoms with Crippen LogP contribution in [-0.4, -0.2) is 15.0 Å². The largest absolute Gasteiger partial charge is 0.433 e. The highest BCUT2D eigenvalue weighted by atomic mass is 32.1. The number of hydrogen-bond acceptors (Lipinski definition) is 6. The smallest absolute Gasteiger partial charge is 0.368 e. The summed E-state index contributed by atoms with van der Waals surface area (Å²) in [5.41, 5.74) is 7.34. The summed E-state index contributed by atoms with van der Waals surface area (Å²) in [6, 6.07) is 6.06. The van der Waals surface area contributed by atoms with Crippen molar-refractivity contribution in [1.82, 2.24) is 15.0 Å². The van der Waals surface area contributed by atoms with Crippen molar-refractivity contribution in [3.63, 3.8) is 0 Å². The number of thiazole rings is 1. The molecule has 0 amide bonds. The molecule has 0 saturated carbocycles. The highest BCUT2D eigenvalue weighted by Gasteiger charge is 2.33. The molecule has 0 atom stereocenters. The fourth-order valence-electron chi connectivity index (χ4n) is 1.76. The molecule has 0 unspecified atom stereocenters. The molecular formula is C12H8F3N5S. The first-order valence-corrected chi connectivity index (χ1v) is 6.62. The van der Waals surface area contributed by atoms with E-state index >= 15 is 0 Å². The zero-order valence-electron chi connectivity index (χ0n) is 10.3. The Kier molecular flexibility index (Phi) is 3.13. The van der Waals surface area contributed by atoms with Gasteiger partial charge in [-0.3, -0.25) is 0 Å². The van der Waals surface area contributed by atoms with Crippen molar-refractivity contribution in [1.29, 1.82) is 0 Å². The van der Waals surface area contributed by atoms with Crippen LogP contribution in [0.15, 0.2) is 29.8 Å². The van der Waals surface area contributed by atoms with Crippen molar-refractivity contribution in [3.05, 3.63) is 35.5 Å². The van der Waals surface area contributed by atoms with Gasteiger partial charge >= 0.3 is 6.18 Å². The van der Waals surface area contributed by atoms with Crippen LogP contribution in [0.2, 0.25) is 0 Å². The second-order valence-corrected chi connectivity index (χ2v) is 5.04. The number of nitrogens with zero attached hydrogens (tertiary/aromatic N) is 3. The Morgan fingerprint density at radius 1 is 1.14 bits per heavy atom. The van der Waals surface area contributed by atoms with Crippen LogP contribution in [0.1, 0.15) is 5.69 Å². The Labute approximate surface area is 120 Å². The summed E-state index contributed by atoms with van der Waals surface area (Å²) in [6.45, 7) is 0. The summed E-state index contributed by atoms with van der Waals surface area (Å²) in [5.74, 6) is -0.454. The van der Waals surface area contributed by atoms with Gasteiger partial charge in [-0.05, 0) is 18.2 Å². The molecule has 21 heavy (non-hydrogen) atoms. The standard InChI is InChI=1S/C12H8F3N5S/c13-12(14,15)9-4-10(20-11(16)19-9)18-6-1-2-7-8(3-6)21-5-17-7/h1-5H,(H3,16,18,19,20). The summed E-state index contributed by atoms with van der Waals surface area (Å²) in [6.07, 6.45) is -4.57. The average molecular weight is 311 g/mol. The number of aromatic nitrogens is 3. The van der Waals surface area contributed by atoms with E-state index in [-0.39, 0.29) is 5.82 Å². The third-order valence-corrected chi connectivity index (χ3v) is 3.43. The third kappa shape index (κ3) is 2.87. The number of nitrogens with two attached hydrogens (primary N) is 1.